The molecule has 26 heavy (non-hydrogen) atoms. The number of likely N-dealkylation sites (tertiary alicyclic amines) is 2. The third-order valence-corrected chi connectivity index (χ3v) is 3.97. The second kappa shape index (κ2) is 9.44. The van der Waals surface area contributed by atoms with Gasteiger partial charge in [-0.05, 0) is 67.2 Å². The van der Waals surface area contributed by atoms with Crippen LogP contribution in [0.2, 0.25) is 0 Å². The molecule has 2 amide bonds. The van der Waals surface area contributed by atoms with Gasteiger partial charge in [-0.2, -0.15) is 0 Å². The number of hydrogen-bond acceptors (Lipinski definition) is 5. The van der Waals surface area contributed by atoms with Crippen LogP contribution in [0.3, 0.4) is 0 Å². The zero-order valence-electron chi connectivity index (χ0n) is 17.2. The molecule has 0 radical (unpaired) electrons. The molecule has 2 saturated heterocycles. The molecule has 0 aromatic heterocycles. The first-order valence-corrected chi connectivity index (χ1v) is 9.51. The largest absolute Gasteiger partial charge is 0.444 e. The normalized spacial score (nSPS) is 20.5. The molecule has 2 fully saturated rings. The zero-order chi connectivity index (χ0) is 20.0. The van der Waals surface area contributed by atoms with E-state index in [1.807, 2.05) is 41.5 Å². The second-order valence-corrected chi connectivity index (χ2v) is 8.83. The van der Waals surface area contributed by atoms with Crippen molar-refractivity contribution in [2.45, 2.75) is 84.5 Å². The van der Waals surface area contributed by atoms with Crippen molar-refractivity contribution < 1.29 is 24.2 Å². The Morgan fingerprint density at radius 3 is 1.85 bits per heavy atom. The van der Waals surface area contributed by atoms with Gasteiger partial charge in [0.2, 0.25) is 0 Å². The van der Waals surface area contributed by atoms with Crippen LogP contribution in [0.25, 0.3) is 0 Å². The highest BCUT2D eigenvalue weighted by atomic mass is 16.6. The van der Waals surface area contributed by atoms with Gasteiger partial charge in [0.25, 0.3) is 0 Å². The average Bonchev–Trinajstić information content (AvgIpc) is 3.16. The molecule has 7 nitrogen and oxygen atoms in total. The maximum atomic E-state index is 11.6. The summed E-state index contributed by atoms with van der Waals surface area (Å²) in [5.74, 6) is 0. The number of hydrogen-bond donors (Lipinski definition) is 1. The first-order valence-electron chi connectivity index (χ1n) is 9.51. The zero-order valence-corrected chi connectivity index (χ0v) is 17.2. The summed E-state index contributed by atoms with van der Waals surface area (Å²) in [7, 11) is 0. The Hall–Kier alpha value is -1.50. The van der Waals surface area contributed by atoms with Crippen LogP contribution in [-0.4, -0.2) is 70.6 Å². The van der Waals surface area contributed by atoms with Crippen LogP contribution in [0.1, 0.15) is 67.2 Å². The summed E-state index contributed by atoms with van der Waals surface area (Å²) in [5, 5.41) is 9.03. The van der Waals surface area contributed by atoms with E-state index in [0.29, 0.717) is 6.54 Å². The van der Waals surface area contributed by atoms with Gasteiger partial charge in [0.05, 0.1) is 12.6 Å². The fourth-order valence-corrected chi connectivity index (χ4v) is 2.81. The Bertz CT molecular complexity index is 462. The van der Waals surface area contributed by atoms with Crippen LogP contribution < -0.4 is 0 Å². The van der Waals surface area contributed by atoms with Crippen molar-refractivity contribution in [1.82, 2.24) is 9.80 Å². The van der Waals surface area contributed by atoms with Crippen LogP contribution in [0.15, 0.2) is 0 Å². The molecule has 2 aliphatic heterocycles. The SMILES string of the molecule is CC(C)(C)OC(=O)N1CCCC1.CC(C)(C)OC(=O)N1CCCC1CO. The van der Waals surface area contributed by atoms with Gasteiger partial charge in [0.15, 0.2) is 0 Å². The topological polar surface area (TPSA) is 79.3 Å². The van der Waals surface area contributed by atoms with E-state index < -0.39 is 5.60 Å². The Balaban J connectivity index is 0.000000263. The van der Waals surface area contributed by atoms with Crippen LogP contribution in [0.4, 0.5) is 9.59 Å². The number of nitrogens with zero attached hydrogens (tertiary/aromatic N) is 2. The van der Waals surface area contributed by atoms with Crippen LogP contribution >= 0.6 is 0 Å². The first kappa shape index (κ1) is 22.5. The van der Waals surface area contributed by atoms with Gasteiger partial charge in [-0.25, -0.2) is 9.59 Å². The third-order valence-electron chi connectivity index (χ3n) is 3.97. The molecule has 1 N–H and O–H groups in total. The number of carbonyl (C=O) groups excluding carboxylic acids is 2. The molecule has 0 aliphatic carbocycles. The Morgan fingerprint density at radius 1 is 0.885 bits per heavy atom. The summed E-state index contributed by atoms with van der Waals surface area (Å²) in [6, 6.07) is -0.0511. The molecule has 0 saturated carbocycles. The van der Waals surface area contributed by atoms with E-state index in [-0.39, 0.29) is 30.4 Å². The smallest absolute Gasteiger partial charge is 0.410 e. The van der Waals surface area contributed by atoms with Gasteiger partial charge in [0.1, 0.15) is 11.2 Å². The monoisotopic (exact) mass is 372 g/mol. The van der Waals surface area contributed by atoms with Crippen molar-refractivity contribution in [1.29, 1.82) is 0 Å². The lowest BCUT2D eigenvalue weighted by Crippen LogP contribution is -2.41. The van der Waals surface area contributed by atoms with Crippen molar-refractivity contribution in [2.75, 3.05) is 26.2 Å². The molecule has 1 unspecified atom stereocenters. The summed E-state index contributed by atoms with van der Waals surface area (Å²) in [6.07, 6.45) is 3.56. The number of aliphatic hydroxyl groups excluding tert-OH is 1. The third kappa shape index (κ3) is 8.25. The van der Waals surface area contributed by atoms with E-state index >= 15 is 0 Å². The number of rotatable bonds is 1. The lowest BCUT2D eigenvalue weighted by Gasteiger charge is -2.27. The van der Waals surface area contributed by atoms with Crippen molar-refractivity contribution in [2.24, 2.45) is 0 Å². The molecule has 152 valence electrons. The second-order valence-electron chi connectivity index (χ2n) is 8.83. The Morgan fingerprint density at radius 2 is 1.38 bits per heavy atom. The van der Waals surface area contributed by atoms with Crippen molar-refractivity contribution in [3.8, 4) is 0 Å². The first-order chi connectivity index (χ1) is 11.9. The van der Waals surface area contributed by atoms with Crippen LogP contribution in [-0.2, 0) is 9.47 Å². The van der Waals surface area contributed by atoms with E-state index in [4.69, 9.17) is 14.6 Å². The predicted octanol–water partition coefficient (Wildman–Crippen LogP) is 3.40. The van der Waals surface area contributed by atoms with E-state index in [1.54, 1.807) is 9.80 Å². The molecule has 0 spiro atoms. The molecule has 1 atom stereocenters. The minimum Gasteiger partial charge on any atom is -0.444 e. The van der Waals surface area contributed by atoms with Crippen molar-refractivity contribution >= 4 is 12.2 Å². The molecule has 0 aromatic carbocycles. The highest BCUT2D eigenvalue weighted by molar-refractivity contribution is 5.69. The molecular formula is C19H36N2O5. The van der Waals surface area contributed by atoms with Crippen LogP contribution in [0, 0.1) is 0 Å². The van der Waals surface area contributed by atoms with E-state index in [9.17, 15) is 9.59 Å². The fraction of sp³-hybridized carbons (Fsp3) is 0.895. The summed E-state index contributed by atoms with van der Waals surface area (Å²) in [6.45, 7) is 13.6. The number of aliphatic hydroxyl groups is 1. The van der Waals surface area contributed by atoms with E-state index in [2.05, 4.69) is 0 Å². The van der Waals surface area contributed by atoms with E-state index in [1.165, 1.54) is 0 Å². The van der Waals surface area contributed by atoms with Crippen molar-refractivity contribution in [3.63, 3.8) is 0 Å². The van der Waals surface area contributed by atoms with Gasteiger partial charge < -0.3 is 24.4 Å². The lowest BCUT2D eigenvalue weighted by atomic mass is 10.2. The number of carbonyl (C=O) groups is 2. The summed E-state index contributed by atoms with van der Waals surface area (Å²) < 4.78 is 10.4. The number of ether oxygens (including phenoxy) is 2. The van der Waals surface area contributed by atoms with Gasteiger partial charge >= 0.3 is 12.2 Å². The highest BCUT2D eigenvalue weighted by Crippen LogP contribution is 2.20. The quantitative estimate of drug-likeness (QED) is 0.763. The minimum absolute atomic E-state index is 0.0270. The maximum absolute atomic E-state index is 11.6. The Kier molecular flexibility index (Phi) is 8.18. The van der Waals surface area contributed by atoms with Gasteiger partial charge in [-0.15, -0.1) is 0 Å². The molecule has 0 bridgehead atoms. The van der Waals surface area contributed by atoms with Gasteiger partial charge in [0, 0.05) is 19.6 Å². The standard InChI is InChI=1S/C10H19NO3.C9H17NO2/c1-10(2,3)14-9(13)11-6-4-5-8(11)7-12;1-9(2,3)12-8(11)10-6-4-5-7-10/h8,12H,4-7H2,1-3H3;4-7H2,1-3H3. The maximum Gasteiger partial charge on any atom is 0.410 e. The molecule has 7 heteroatoms. The number of amides is 2. The Labute approximate surface area is 157 Å². The van der Waals surface area contributed by atoms with Crippen molar-refractivity contribution in [3.05, 3.63) is 0 Å². The van der Waals surface area contributed by atoms with E-state index in [0.717, 1.165) is 38.8 Å². The summed E-state index contributed by atoms with van der Waals surface area (Å²) >= 11 is 0. The molecular weight excluding hydrogens is 336 g/mol. The highest BCUT2D eigenvalue weighted by Gasteiger charge is 2.31. The minimum atomic E-state index is -0.459. The molecule has 2 aliphatic rings. The average molecular weight is 373 g/mol. The predicted molar refractivity (Wildman–Crippen MR) is 100 cm³/mol. The fourth-order valence-electron chi connectivity index (χ4n) is 2.81. The lowest BCUT2D eigenvalue weighted by molar-refractivity contribution is 0.0175. The summed E-state index contributed by atoms with van der Waals surface area (Å²) in [4.78, 5) is 26.4. The van der Waals surface area contributed by atoms with Gasteiger partial charge in [-0.1, -0.05) is 0 Å². The summed E-state index contributed by atoms with van der Waals surface area (Å²) in [5.41, 5.74) is -0.820. The van der Waals surface area contributed by atoms with Gasteiger partial charge in [-0.3, -0.25) is 0 Å². The molecule has 0 aromatic rings. The molecule has 2 heterocycles. The molecule has 2 rings (SSSR count). The van der Waals surface area contributed by atoms with Crippen LogP contribution in [0.5, 0.6) is 0 Å².